The minimum atomic E-state index is -0.0802. The lowest BCUT2D eigenvalue weighted by molar-refractivity contribution is -0.136. The van der Waals surface area contributed by atoms with Gasteiger partial charge in [0.05, 0.1) is 6.61 Å². The van der Waals surface area contributed by atoms with Crippen molar-refractivity contribution in [3.63, 3.8) is 0 Å². The molecule has 0 radical (unpaired) electrons. The first kappa shape index (κ1) is 12.7. The van der Waals surface area contributed by atoms with Crippen molar-refractivity contribution in [2.24, 2.45) is 5.41 Å². The Bertz CT molecular complexity index is 328. The maximum atomic E-state index is 11.4. The van der Waals surface area contributed by atoms with E-state index in [2.05, 4.69) is 5.48 Å². The maximum Gasteiger partial charge on any atom is 0.244 e. The number of amides is 1. The quantitative estimate of drug-likeness (QED) is 0.794. The summed E-state index contributed by atoms with van der Waals surface area (Å²) in [6.45, 7) is 6.45. The maximum absolute atomic E-state index is 11.4. The van der Waals surface area contributed by atoms with Crippen LogP contribution in [0.4, 0.5) is 0 Å². The van der Waals surface area contributed by atoms with Gasteiger partial charge in [-0.1, -0.05) is 51.1 Å². The van der Waals surface area contributed by atoms with Crippen molar-refractivity contribution in [2.75, 3.05) is 0 Å². The molecule has 3 nitrogen and oxygen atoms in total. The third-order valence-electron chi connectivity index (χ3n) is 1.96. The zero-order chi connectivity index (χ0) is 12.0. The number of benzene rings is 1. The Morgan fingerprint density at radius 2 is 1.88 bits per heavy atom. The monoisotopic (exact) mass is 221 g/mol. The van der Waals surface area contributed by atoms with Crippen LogP contribution < -0.4 is 5.48 Å². The van der Waals surface area contributed by atoms with Gasteiger partial charge in [0, 0.05) is 6.42 Å². The van der Waals surface area contributed by atoms with Crippen molar-refractivity contribution in [3.05, 3.63) is 35.9 Å². The molecule has 1 aromatic carbocycles. The van der Waals surface area contributed by atoms with Gasteiger partial charge >= 0.3 is 0 Å². The van der Waals surface area contributed by atoms with E-state index in [1.54, 1.807) is 0 Å². The van der Waals surface area contributed by atoms with Crippen molar-refractivity contribution in [1.82, 2.24) is 5.48 Å². The zero-order valence-corrected chi connectivity index (χ0v) is 10.1. The van der Waals surface area contributed by atoms with Crippen LogP contribution in [0.1, 0.15) is 32.8 Å². The number of rotatable bonds is 4. The molecule has 0 aliphatic carbocycles. The van der Waals surface area contributed by atoms with E-state index in [-0.39, 0.29) is 11.3 Å². The molecule has 3 heteroatoms. The molecule has 0 aromatic heterocycles. The molecule has 0 spiro atoms. The molecule has 1 aromatic rings. The summed E-state index contributed by atoms with van der Waals surface area (Å²) in [4.78, 5) is 16.5. The Balaban J connectivity index is 2.24. The summed E-state index contributed by atoms with van der Waals surface area (Å²) in [7, 11) is 0. The third kappa shape index (κ3) is 5.51. The second kappa shape index (κ2) is 5.66. The summed E-state index contributed by atoms with van der Waals surface area (Å²) in [6.07, 6.45) is 0.460. The molecule has 0 saturated carbocycles. The fourth-order valence-corrected chi connectivity index (χ4v) is 1.29. The Morgan fingerprint density at radius 1 is 1.25 bits per heavy atom. The predicted molar refractivity (Wildman–Crippen MR) is 63.4 cm³/mol. The standard InChI is InChI=1S/C13H19NO2/c1-13(2,3)9-12(15)14-16-10-11-7-5-4-6-8-11/h4-8H,9-10H2,1-3H3,(H,14,15). The van der Waals surface area contributed by atoms with E-state index in [9.17, 15) is 4.79 Å². The van der Waals surface area contributed by atoms with Gasteiger partial charge in [-0.2, -0.15) is 0 Å². The van der Waals surface area contributed by atoms with Gasteiger partial charge in [0.25, 0.3) is 0 Å². The van der Waals surface area contributed by atoms with Crippen LogP contribution in [-0.4, -0.2) is 5.91 Å². The van der Waals surface area contributed by atoms with Crippen LogP contribution >= 0.6 is 0 Å². The highest BCUT2D eigenvalue weighted by atomic mass is 16.6. The van der Waals surface area contributed by atoms with Crippen molar-refractivity contribution in [3.8, 4) is 0 Å². The van der Waals surface area contributed by atoms with Gasteiger partial charge < -0.3 is 0 Å². The van der Waals surface area contributed by atoms with Gasteiger partial charge in [0.15, 0.2) is 0 Å². The van der Waals surface area contributed by atoms with Crippen LogP contribution in [0, 0.1) is 5.41 Å². The molecule has 1 amide bonds. The van der Waals surface area contributed by atoms with Crippen LogP contribution in [0.3, 0.4) is 0 Å². The number of hydrogen-bond acceptors (Lipinski definition) is 2. The lowest BCUT2D eigenvalue weighted by Crippen LogP contribution is -2.27. The summed E-state index contributed by atoms with van der Waals surface area (Å²) in [5.41, 5.74) is 3.48. The highest BCUT2D eigenvalue weighted by Gasteiger charge is 2.15. The summed E-state index contributed by atoms with van der Waals surface area (Å²) in [5.74, 6) is -0.0802. The summed E-state index contributed by atoms with van der Waals surface area (Å²) >= 11 is 0. The summed E-state index contributed by atoms with van der Waals surface area (Å²) in [5, 5.41) is 0. The van der Waals surface area contributed by atoms with E-state index in [1.807, 2.05) is 51.1 Å². The van der Waals surface area contributed by atoms with Crippen molar-refractivity contribution < 1.29 is 9.63 Å². The smallest absolute Gasteiger partial charge is 0.244 e. The highest BCUT2D eigenvalue weighted by Crippen LogP contribution is 2.17. The molecule has 0 heterocycles. The third-order valence-corrected chi connectivity index (χ3v) is 1.96. The second-order valence-corrected chi connectivity index (χ2v) is 5.04. The summed E-state index contributed by atoms with van der Waals surface area (Å²) < 4.78 is 0. The fraction of sp³-hybridized carbons (Fsp3) is 0.462. The molecule has 0 bridgehead atoms. The Morgan fingerprint density at radius 3 is 2.44 bits per heavy atom. The number of carbonyl (C=O) groups excluding carboxylic acids is 1. The second-order valence-electron chi connectivity index (χ2n) is 5.04. The topological polar surface area (TPSA) is 38.3 Å². The number of nitrogens with one attached hydrogen (secondary N) is 1. The van der Waals surface area contributed by atoms with E-state index >= 15 is 0 Å². The van der Waals surface area contributed by atoms with Crippen LogP contribution in [0.2, 0.25) is 0 Å². The van der Waals surface area contributed by atoms with Gasteiger partial charge in [-0.25, -0.2) is 5.48 Å². The van der Waals surface area contributed by atoms with Crippen molar-refractivity contribution in [1.29, 1.82) is 0 Å². The zero-order valence-electron chi connectivity index (χ0n) is 10.1. The molecule has 0 aliphatic rings. The molecule has 88 valence electrons. The van der Waals surface area contributed by atoms with Crippen molar-refractivity contribution >= 4 is 5.91 Å². The molecule has 0 saturated heterocycles. The van der Waals surface area contributed by atoms with Gasteiger partial charge in [-0.3, -0.25) is 9.63 Å². The molecule has 1 N–H and O–H groups in total. The molecule has 0 atom stereocenters. The van der Waals surface area contributed by atoms with E-state index in [0.29, 0.717) is 13.0 Å². The van der Waals surface area contributed by atoms with E-state index < -0.39 is 0 Å². The number of carbonyl (C=O) groups is 1. The predicted octanol–water partition coefficient (Wildman–Crippen LogP) is 2.67. The van der Waals surface area contributed by atoms with E-state index in [0.717, 1.165) is 5.56 Å². The van der Waals surface area contributed by atoms with Crippen LogP contribution in [0.5, 0.6) is 0 Å². The molecule has 0 fully saturated rings. The molecular formula is C13H19NO2. The molecule has 0 unspecified atom stereocenters. The van der Waals surface area contributed by atoms with Crippen LogP contribution in [0.25, 0.3) is 0 Å². The van der Waals surface area contributed by atoms with Crippen molar-refractivity contribution in [2.45, 2.75) is 33.8 Å². The first-order valence-corrected chi connectivity index (χ1v) is 5.42. The van der Waals surface area contributed by atoms with E-state index in [1.165, 1.54) is 0 Å². The Hall–Kier alpha value is -1.35. The van der Waals surface area contributed by atoms with E-state index in [4.69, 9.17) is 4.84 Å². The highest BCUT2D eigenvalue weighted by molar-refractivity contribution is 5.75. The van der Waals surface area contributed by atoms with Gasteiger partial charge in [0.1, 0.15) is 0 Å². The lowest BCUT2D eigenvalue weighted by Gasteiger charge is -2.16. The average molecular weight is 221 g/mol. The number of hydroxylamine groups is 1. The van der Waals surface area contributed by atoms with Gasteiger partial charge in [-0.05, 0) is 11.0 Å². The molecular weight excluding hydrogens is 202 g/mol. The first-order chi connectivity index (χ1) is 7.47. The first-order valence-electron chi connectivity index (χ1n) is 5.42. The normalized spacial score (nSPS) is 11.2. The largest absolute Gasteiger partial charge is 0.273 e. The molecule has 1 rings (SSSR count). The fourth-order valence-electron chi connectivity index (χ4n) is 1.29. The van der Waals surface area contributed by atoms with Gasteiger partial charge in [-0.15, -0.1) is 0 Å². The van der Waals surface area contributed by atoms with Crippen LogP contribution in [-0.2, 0) is 16.2 Å². The number of hydrogen-bond donors (Lipinski definition) is 1. The SMILES string of the molecule is CC(C)(C)CC(=O)NOCc1ccccc1. The Labute approximate surface area is 96.8 Å². The van der Waals surface area contributed by atoms with Gasteiger partial charge in [0.2, 0.25) is 5.91 Å². The average Bonchev–Trinajstić information content (AvgIpc) is 2.16. The minimum Gasteiger partial charge on any atom is -0.273 e. The molecule has 16 heavy (non-hydrogen) atoms. The molecule has 0 aliphatic heterocycles. The Kier molecular flexibility index (Phi) is 4.50. The minimum absolute atomic E-state index is 0.0137. The summed E-state index contributed by atoms with van der Waals surface area (Å²) in [6, 6.07) is 9.73. The van der Waals surface area contributed by atoms with Crippen LogP contribution in [0.15, 0.2) is 30.3 Å². The lowest BCUT2D eigenvalue weighted by atomic mass is 9.92.